The minimum atomic E-state index is 0.665. The van der Waals surface area contributed by atoms with Crippen molar-refractivity contribution in [2.75, 3.05) is 7.11 Å². The first-order chi connectivity index (χ1) is 6.38. The van der Waals surface area contributed by atoms with Crippen LogP contribution in [-0.2, 0) is 6.42 Å². The van der Waals surface area contributed by atoms with E-state index in [0.29, 0.717) is 5.88 Å². The van der Waals surface area contributed by atoms with Crippen molar-refractivity contribution >= 4 is 0 Å². The van der Waals surface area contributed by atoms with Crippen molar-refractivity contribution in [3.05, 3.63) is 18.1 Å². The summed E-state index contributed by atoms with van der Waals surface area (Å²) >= 11 is 0. The third-order valence-corrected chi connectivity index (χ3v) is 1.95. The van der Waals surface area contributed by atoms with Crippen LogP contribution < -0.4 is 4.74 Å². The molecule has 13 heavy (non-hydrogen) atoms. The predicted molar refractivity (Wildman–Crippen MR) is 51.8 cm³/mol. The summed E-state index contributed by atoms with van der Waals surface area (Å²) in [6.07, 6.45) is 7.95. The molecule has 0 aliphatic heterocycles. The van der Waals surface area contributed by atoms with Gasteiger partial charge in [-0.3, -0.25) is 4.98 Å². The monoisotopic (exact) mass is 180 g/mol. The van der Waals surface area contributed by atoms with E-state index in [9.17, 15) is 0 Å². The Hall–Kier alpha value is -1.12. The summed E-state index contributed by atoms with van der Waals surface area (Å²) in [5.41, 5.74) is 0.971. The molecule has 0 N–H and O–H groups in total. The lowest BCUT2D eigenvalue weighted by Crippen LogP contribution is -1.97. The molecule has 0 aliphatic rings. The molecule has 0 aliphatic carbocycles. The number of hydrogen-bond donors (Lipinski definition) is 0. The molecule has 0 radical (unpaired) electrons. The van der Waals surface area contributed by atoms with E-state index >= 15 is 0 Å². The molecule has 0 spiro atoms. The molecule has 0 amide bonds. The average molecular weight is 180 g/mol. The van der Waals surface area contributed by atoms with Crippen LogP contribution in [0.3, 0.4) is 0 Å². The van der Waals surface area contributed by atoms with Crippen molar-refractivity contribution in [2.45, 2.75) is 32.6 Å². The van der Waals surface area contributed by atoms with Gasteiger partial charge in [-0.05, 0) is 12.8 Å². The Labute approximate surface area is 79.2 Å². The number of unbranched alkanes of at least 4 members (excludes halogenated alkanes) is 2. The minimum Gasteiger partial charge on any atom is -0.480 e. The molecule has 3 nitrogen and oxygen atoms in total. The summed E-state index contributed by atoms with van der Waals surface area (Å²) in [5.74, 6) is 0.665. The molecule has 0 bridgehead atoms. The number of nitrogens with zero attached hydrogens (tertiary/aromatic N) is 2. The Balaban J connectivity index is 2.54. The number of aryl methyl sites for hydroxylation is 1. The molecule has 0 aromatic carbocycles. The lowest BCUT2D eigenvalue weighted by Gasteiger charge is -2.04. The quantitative estimate of drug-likeness (QED) is 0.652. The zero-order chi connectivity index (χ0) is 9.52. The highest BCUT2D eigenvalue weighted by Gasteiger charge is 2.03. The molecular formula is C10H16N2O. The third kappa shape index (κ3) is 3.01. The third-order valence-electron chi connectivity index (χ3n) is 1.95. The van der Waals surface area contributed by atoms with Crippen LogP contribution in [0.4, 0.5) is 0 Å². The van der Waals surface area contributed by atoms with Crippen LogP contribution in [0, 0.1) is 0 Å². The van der Waals surface area contributed by atoms with Crippen LogP contribution in [0.2, 0.25) is 0 Å². The van der Waals surface area contributed by atoms with Gasteiger partial charge in [-0.25, -0.2) is 4.98 Å². The van der Waals surface area contributed by atoms with E-state index in [1.807, 2.05) is 0 Å². The van der Waals surface area contributed by atoms with Crippen molar-refractivity contribution in [3.8, 4) is 5.88 Å². The fourth-order valence-electron chi connectivity index (χ4n) is 1.24. The summed E-state index contributed by atoms with van der Waals surface area (Å²) in [7, 11) is 1.63. The van der Waals surface area contributed by atoms with E-state index in [1.165, 1.54) is 12.8 Å². The predicted octanol–water partition coefficient (Wildman–Crippen LogP) is 2.22. The SMILES string of the molecule is CCCCCc1nccnc1OC. The summed E-state index contributed by atoms with van der Waals surface area (Å²) < 4.78 is 5.10. The van der Waals surface area contributed by atoms with E-state index in [4.69, 9.17) is 4.74 Å². The van der Waals surface area contributed by atoms with Gasteiger partial charge >= 0.3 is 0 Å². The van der Waals surface area contributed by atoms with Gasteiger partial charge in [0.05, 0.1) is 7.11 Å². The van der Waals surface area contributed by atoms with Crippen molar-refractivity contribution in [1.29, 1.82) is 0 Å². The second-order valence-electron chi connectivity index (χ2n) is 2.97. The van der Waals surface area contributed by atoms with Crippen LogP contribution in [0.15, 0.2) is 12.4 Å². The lowest BCUT2D eigenvalue weighted by atomic mass is 10.1. The Bertz CT molecular complexity index is 250. The first kappa shape index (κ1) is 9.96. The van der Waals surface area contributed by atoms with Crippen molar-refractivity contribution in [2.24, 2.45) is 0 Å². The molecule has 0 unspecified atom stereocenters. The molecule has 0 fully saturated rings. The molecular weight excluding hydrogens is 164 g/mol. The van der Waals surface area contributed by atoms with Gasteiger partial charge in [0.25, 0.3) is 0 Å². The maximum atomic E-state index is 5.10. The Kier molecular flexibility index (Phi) is 4.23. The van der Waals surface area contributed by atoms with Gasteiger partial charge in [0.15, 0.2) is 0 Å². The van der Waals surface area contributed by atoms with Crippen LogP contribution >= 0.6 is 0 Å². The van der Waals surface area contributed by atoms with E-state index in [-0.39, 0.29) is 0 Å². The zero-order valence-corrected chi connectivity index (χ0v) is 8.29. The largest absolute Gasteiger partial charge is 0.480 e. The molecule has 72 valence electrons. The standard InChI is InChI=1S/C10H16N2O/c1-3-4-5-6-9-10(13-2)12-8-7-11-9/h7-8H,3-6H2,1-2H3. The molecule has 1 rings (SSSR count). The first-order valence-electron chi connectivity index (χ1n) is 4.72. The molecule has 1 aromatic heterocycles. The van der Waals surface area contributed by atoms with Gasteiger partial charge < -0.3 is 4.74 Å². The van der Waals surface area contributed by atoms with Crippen molar-refractivity contribution < 1.29 is 4.74 Å². The van der Waals surface area contributed by atoms with Gasteiger partial charge in [-0.1, -0.05) is 19.8 Å². The van der Waals surface area contributed by atoms with Crippen LogP contribution in [0.25, 0.3) is 0 Å². The van der Waals surface area contributed by atoms with Gasteiger partial charge in [-0.2, -0.15) is 0 Å². The second kappa shape index (κ2) is 5.51. The minimum absolute atomic E-state index is 0.665. The molecule has 0 atom stereocenters. The van der Waals surface area contributed by atoms with Crippen LogP contribution in [0.5, 0.6) is 5.88 Å². The maximum absolute atomic E-state index is 5.10. The van der Waals surface area contributed by atoms with Crippen LogP contribution in [0.1, 0.15) is 31.9 Å². The van der Waals surface area contributed by atoms with Gasteiger partial charge in [-0.15, -0.1) is 0 Å². The van der Waals surface area contributed by atoms with Crippen LogP contribution in [-0.4, -0.2) is 17.1 Å². The number of ether oxygens (including phenoxy) is 1. The average Bonchev–Trinajstić information content (AvgIpc) is 2.19. The smallest absolute Gasteiger partial charge is 0.235 e. The maximum Gasteiger partial charge on any atom is 0.235 e. The van der Waals surface area contributed by atoms with Gasteiger partial charge in [0.2, 0.25) is 5.88 Å². The highest BCUT2D eigenvalue weighted by molar-refractivity contribution is 5.16. The number of hydrogen-bond acceptors (Lipinski definition) is 3. The molecule has 1 heterocycles. The Morgan fingerprint density at radius 3 is 2.69 bits per heavy atom. The second-order valence-corrected chi connectivity index (χ2v) is 2.97. The zero-order valence-electron chi connectivity index (χ0n) is 8.29. The number of aromatic nitrogens is 2. The number of rotatable bonds is 5. The summed E-state index contributed by atoms with van der Waals surface area (Å²) in [6.45, 7) is 2.19. The molecule has 0 saturated carbocycles. The lowest BCUT2D eigenvalue weighted by molar-refractivity contribution is 0.388. The topological polar surface area (TPSA) is 35.0 Å². The molecule has 3 heteroatoms. The highest BCUT2D eigenvalue weighted by atomic mass is 16.5. The molecule has 0 saturated heterocycles. The normalized spacial score (nSPS) is 10.0. The van der Waals surface area contributed by atoms with E-state index < -0.39 is 0 Å². The Morgan fingerprint density at radius 1 is 1.23 bits per heavy atom. The van der Waals surface area contributed by atoms with E-state index in [2.05, 4.69) is 16.9 Å². The summed E-state index contributed by atoms with van der Waals surface area (Å²) in [5, 5.41) is 0. The molecule has 1 aromatic rings. The number of methoxy groups -OCH3 is 1. The summed E-state index contributed by atoms with van der Waals surface area (Å²) in [6, 6.07) is 0. The van der Waals surface area contributed by atoms with E-state index in [0.717, 1.165) is 18.5 Å². The fourth-order valence-corrected chi connectivity index (χ4v) is 1.24. The highest BCUT2D eigenvalue weighted by Crippen LogP contribution is 2.13. The van der Waals surface area contributed by atoms with Gasteiger partial charge in [0, 0.05) is 12.4 Å². The van der Waals surface area contributed by atoms with Gasteiger partial charge in [0.1, 0.15) is 5.69 Å². The summed E-state index contributed by atoms with van der Waals surface area (Å²) in [4.78, 5) is 8.33. The van der Waals surface area contributed by atoms with Crippen molar-refractivity contribution in [1.82, 2.24) is 9.97 Å². The van der Waals surface area contributed by atoms with E-state index in [1.54, 1.807) is 19.5 Å². The first-order valence-corrected chi connectivity index (χ1v) is 4.72. The van der Waals surface area contributed by atoms with Crippen molar-refractivity contribution in [3.63, 3.8) is 0 Å². The Morgan fingerprint density at radius 2 is 2.00 bits per heavy atom. The fraction of sp³-hybridized carbons (Fsp3) is 0.600.